The van der Waals surface area contributed by atoms with E-state index in [2.05, 4.69) is 6.58 Å². The Morgan fingerprint density at radius 1 is 1.07 bits per heavy atom. The van der Waals surface area contributed by atoms with Crippen molar-refractivity contribution < 1.29 is 22.0 Å². The maximum Gasteiger partial charge on any atom is 0.307 e. The van der Waals surface area contributed by atoms with Crippen molar-refractivity contribution in [3.05, 3.63) is 82.4 Å². The molecule has 4 rings (SSSR count). The molecule has 1 aliphatic heterocycles. The van der Waals surface area contributed by atoms with Crippen LogP contribution < -0.4 is 0 Å². The normalized spacial score (nSPS) is 24.9. The van der Waals surface area contributed by atoms with Gasteiger partial charge in [-0.15, -0.1) is 10.9 Å². The smallest absolute Gasteiger partial charge is 0.307 e. The van der Waals surface area contributed by atoms with Crippen molar-refractivity contribution in [2.45, 2.75) is 95.0 Å². The monoisotopic (exact) mass is 640 g/mol. The summed E-state index contributed by atoms with van der Waals surface area (Å²) in [7, 11) is -4.42. The van der Waals surface area contributed by atoms with Gasteiger partial charge in [-0.05, 0) is 81.8 Å². The van der Waals surface area contributed by atoms with Gasteiger partial charge in [-0.25, -0.2) is 8.42 Å². The number of amides is 1. The van der Waals surface area contributed by atoms with E-state index in [9.17, 15) is 22.0 Å². The van der Waals surface area contributed by atoms with Crippen molar-refractivity contribution in [3.63, 3.8) is 0 Å². The van der Waals surface area contributed by atoms with E-state index >= 15 is 0 Å². The van der Waals surface area contributed by atoms with Crippen LogP contribution in [0.5, 0.6) is 0 Å². The van der Waals surface area contributed by atoms with E-state index < -0.39 is 44.9 Å². The molecule has 1 saturated carbocycles. The zero-order valence-corrected chi connectivity index (χ0v) is 27.0. The second-order valence-corrected chi connectivity index (χ2v) is 16.5. The summed E-state index contributed by atoms with van der Waals surface area (Å²) in [4.78, 5) is 16.6. The molecule has 2 fully saturated rings. The molecule has 0 aromatic heterocycles. The first-order valence-electron chi connectivity index (χ1n) is 14.3. The zero-order valence-electron chi connectivity index (χ0n) is 24.6. The van der Waals surface area contributed by atoms with Crippen LogP contribution in [0.3, 0.4) is 0 Å². The molecule has 0 bridgehead atoms. The number of rotatable bonds is 9. The maximum absolute atomic E-state index is 14.8. The van der Waals surface area contributed by atoms with Gasteiger partial charge in [0.05, 0.1) is 21.7 Å². The summed E-state index contributed by atoms with van der Waals surface area (Å²) in [6.07, 6.45) is 4.73. The Balaban J connectivity index is 1.99. The fourth-order valence-electron chi connectivity index (χ4n) is 6.77. The lowest BCUT2D eigenvalue weighted by Crippen LogP contribution is -2.65. The number of carbonyl (C=O) groups is 1. The van der Waals surface area contributed by atoms with Gasteiger partial charge in [-0.2, -0.15) is 8.78 Å². The number of likely N-dealkylation sites (tertiary alicyclic amines) is 1. The highest BCUT2D eigenvalue weighted by atomic mass is 35.5. The van der Waals surface area contributed by atoms with Crippen molar-refractivity contribution in [1.82, 2.24) is 9.21 Å². The summed E-state index contributed by atoms with van der Waals surface area (Å²) < 4.78 is 55.4. The fourth-order valence-corrected chi connectivity index (χ4v) is 8.42. The maximum atomic E-state index is 14.8. The third-order valence-electron chi connectivity index (χ3n) is 8.94. The summed E-state index contributed by atoms with van der Waals surface area (Å²) >= 11 is 12.7. The molecular formula is C32H40Cl2F2N2O3S. The van der Waals surface area contributed by atoms with E-state index in [0.717, 1.165) is 11.1 Å². The molecule has 0 radical (unpaired) electrons. The number of hydrogen-bond acceptors (Lipinski definition) is 3. The molecule has 2 unspecified atom stereocenters. The average molecular weight is 642 g/mol. The number of hydrogen-bond donors (Lipinski definition) is 0. The van der Waals surface area contributed by atoms with Gasteiger partial charge in [0, 0.05) is 22.5 Å². The third-order valence-corrected chi connectivity index (χ3v) is 11.9. The highest BCUT2D eigenvalue weighted by Gasteiger charge is 2.58. The van der Waals surface area contributed by atoms with Crippen molar-refractivity contribution in [2.24, 2.45) is 5.41 Å². The van der Waals surface area contributed by atoms with Crippen molar-refractivity contribution in [3.8, 4) is 0 Å². The van der Waals surface area contributed by atoms with Crippen molar-refractivity contribution >= 4 is 39.1 Å². The number of nitrogens with zero attached hydrogens (tertiary/aromatic N) is 2. The highest BCUT2D eigenvalue weighted by Crippen LogP contribution is 2.56. The van der Waals surface area contributed by atoms with E-state index in [1.54, 1.807) is 29.2 Å². The third kappa shape index (κ3) is 6.15. The molecular weight excluding hydrogens is 601 g/mol. The van der Waals surface area contributed by atoms with Gasteiger partial charge < -0.3 is 4.90 Å². The largest absolute Gasteiger partial charge is 0.328 e. The average Bonchev–Trinajstić information content (AvgIpc) is 3.38. The molecule has 42 heavy (non-hydrogen) atoms. The van der Waals surface area contributed by atoms with E-state index in [1.807, 2.05) is 37.3 Å². The summed E-state index contributed by atoms with van der Waals surface area (Å²) in [6, 6.07) is 14.2. The molecule has 5 nitrogen and oxygen atoms in total. The molecule has 2 aromatic carbocycles. The van der Waals surface area contributed by atoms with Gasteiger partial charge in [0.15, 0.2) is 0 Å². The molecule has 0 N–H and O–H groups in total. The molecule has 3 atom stereocenters. The van der Waals surface area contributed by atoms with Crippen molar-refractivity contribution in [1.29, 1.82) is 0 Å². The molecule has 2 aliphatic rings. The van der Waals surface area contributed by atoms with Crippen LogP contribution in [0, 0.1) is 5.41 Å². The first kappa shape index (κ1) is 32.9. The van der Waals surface area contributed by atoms with Gasteiger partial charge >= 0.3 is 6.55 Å². The summed E-state index contributed by atoms with van der Waals surface area (Å²) in [5, 5.41) is 1.07. The Hall–Kier alpha value is -2.00. The minimum absolute atomic E-state index is 0.190. The van der Waals surface area contributed by atoms with E-state index in [0.29, 0.717) is 52.9 Å². The number of piperidine rings is 1. The lowest BCUT2D eigenvalue weighted by atomic mass is 9.66. The predicted octanol–water partition coefficient (Wildman–Crippen LogP) is 8.60. The first-order chi connectivity index (χ1) is 19.6. The SMILES string of the molecule is C=CC[C@@]1(C)CC(c2cccc(Cl)c2)C(c2ccc(Cl)cc2)N(C2(CN(C(F)F)S(=O)(=O)C(C)(C)C)CCCC2)C1=O. The second kappa shape index (κ2) is 12.2. The summed E-state index contributed by atoms with van der Waals surface area (Å²) in [5.41, 5.74) is -0.343. The minimum Gasteiger partial charge on any atom is -0.328 e. The Morgan fingerprint density at radius 2 is 1.69 bits per heavy atom. The van der Waals surface area contributed by atoms with Gasteiger partial charge in [-0.3, -0.25) is 4.79 Å². The number of sulfonamides is 1. The Labute approximate surface area is 258 Å². The van der Waals surface area contributed by atoms with Crippen LogP contribution in [0.4, 0.5) is 8.78 Å². The van der Waals surface area contributed by atoms with Crippen LogP contribution in [-0.2, 0) is 14.8 Å². The summed E-state index contributed by atoms with van der Waals surface area (Å²) in [6.45, 7) is 6.29. The molecule has 1 aliphatic carbocycles. The van der Waals surface area contributed by atoms with Gasteiger partial charge in [-0.1, -0.05) is 73.3 Å². The fraction of sp³-hybridized carbons (Fsp3) is 0.531. The van der Waals surface area contributed by atoms with Gasteiger partial charge in [0.25, 0.3) is 0 Å². The van der Waals surface area contributed by atoms with Crippen molar-refractivity contribution in [2.75, 3.05) is 6.54 Å². The number of halogens is 4. The van der Waals surface area contributed by atoms with Crippen LogP contribution >= 0.6 is 23.2 Å². The Kier molecular flexibility index (Phi) is 9.54. The molecule has 1 heterocycles. The second-order valence-electron chi connectivity index (χ2n) is 13.0. The molecule has 230 valence electrons. The number of allylic oxidation sites excluding steroid dienone is 1. The Bertz CT molecular complexity index is 1410. The highest BCUT2D eigenvalue weighted by molar-refractivity contribution is 7.90. The van der Waals surface area contributed by atoms with E-state index in [1.165, 1.54) is 20.8 Å². The predicted molar refractivity (Wildman–Crippen MR) is 165 cm³/mol. The van der Waals surface area contributed by atoms with Gasteiger partial charge in [0.1, 0.15) is 0 Å². The van der Waals surface area contributed by atoms with Crippen LogP contribution in [0.2, 0.25) is 10.0 Å². The molecule has 2 aromatic rings. The van der Waals surface area contributed by atoms with E-state index in [-0.39, 0.29) is 11.8 Å². The molecule has 1 amide bonds. The Morgan fingerprint density at radius 3 is 2.21 bits per heavy atom. The molecule has 10 heteroatoms. The van der Waals surface area contributed by atoms with Crippen LogP contribution in [0.1, 0.15) is 89.3 Å². The standard InChI is InChI=1S/C32H40Cl2F2N2O3S/c1-6-16-31(5)20-26(23-10-9-11-25(34)19-23)27(22-12-14-24(33)15-13-22)38(28(31)39)32(17-7-8-18-32)21-37(29(35)36)42(40,41)30(2,3)4/h6,9-15,19,26-27,29H,1,7-8,16-18,20-21H2,2-5H3/t26?,27?,31-/m0/s1. The number of alkyl halides is 2. The van der Waals surface area contributed by atoms with Gasteiger partial charge in [0.2, 0.25) is 15.9 Å². The zero-order chi connectivity index (χ0) is 31.1. The quantitative estimate of drug-likeness (QED) is 0.204. The number of benzene rings is 2. The minimum atomic E-state index is -4.42. The lowest BCUT2D eigenvalue weighted by Gasteiger charge is -2.57. The molecule has 1 saturated heterocycles. The van der Waals surface area contributed by atoms with E-state index in [4.69, 9.17) is 23.2 Å². The van der Waals surface area contributed by atoms with Crippen LogP contribution in [-0.4, -0.2) is 46.9 Å². The topological polar surface area (TPSA) is 57.7 Å². The molecule has 0 spiro atoms. The number of carbonyl (C=O) groups excluding carboxylic acids is 1. The van der Waals surface area contributed by atoms with Crippen LogP contribution in [0.15, 0.2) is 61.2 Å². The van der Waals surface area contributed by atoms with Crippen LogP contribution in [0.25, 0.3) is 0 Å². The lowest BCUT2D eigenvalue weighted by molar-refractivity contribution is -0.163. The summed E-state index contributed by atoms with van der Waals surface area (Å²) in [5.74, 6) is -0.450. The first-order valence-corrected chi connectivity index (χ1v) is 16.5.